The highest BCUT2D eigenvalue weighted by Crippen LogP contribution is 2.28. The summed E-state index contributed by atoms with van der Waals surface area (Å²) in [6, 6.07) is 0. The number of nitrogens with one attached hydrogen (secondary N) is 1. The Balaban J connectivity index is 4.09. The standard InChI is InChI=1S/C8H12Cl3NO/c1-3-5-6(4-2)13-7(12)8(9,10)11/h4,6,12H,2-3,5H2,1H3/t6-/m1/s1. The first kappa shape index (κ1) is 13.1. The second kappa shape index (κ2) is 5.74. The number of alkyl halides is 3. The van der Waals surface area contributed by atoms with Crippen molar-refractivity contribution in [2.24, 2.45) is 0 Å². The lowest BCUT2D eigenvalue weighted by Crippen LogP contribution is -2.26. The third-order valence-corrected chi connectivity index (χ3v) is 1.88. The lowest BCUT2D eigenvalue weighted by Gasteiger charge is -2.19. The van der Waals surface area contributed by atoms with E-state index in [1.807, 2.05) is 6.92 Å². The molecule has 0 aliphatic heterocycles. The highest BCUT2D eigenvalue weighted by Gasteiger charge is 2.29. The molecule has 0 aliphatic rings. The summed E-state index contributed by atoms with van der Waals surface area (Å²) in [6.07, 6.45) is 3.01. The van der Waals surface area contributed by atoms with Crippen molar-refractivity contribution in [3.8, 4) is 0 Å². The van der Waals surface area contributed by atoms with E-state index in [-0.39, 0.29) is 12.0 Å². The molecule has 0 fully saturated rings. The average molecular weight is 245 g/mol. The lowest BCUT2D eigenvalue weighted by molar-refractivity contribution is 0.218. The van der Waals surface area contributed by atoms with Crippen LogP contribution in [0.2, 0.25) is 0 Å². The molecule has 0 bridgehead atoms. The Morgan fingerprint density at radius 1 is 1.62 bits per heavy atom. The van der Waals surface area contributed by atoms with Crippen LogP contribution in [0.1, 0.15) is 19.8 Å². The van der Waals surface area contributed by atoms with Gasteiger partial charge in [-0.3, -0.25) is 5.41 Å². The topological polar surface area (TPSA) is 33.1 Å². The molecule has 0 unspecified atom stereocenters. The van der Waals surface area contributed by atoms with Gasteiger partial charge in [-0.2, -0.15) is 0 Å². The fourth-order valence-corrected chi connectivity index (χ4v) is 0.861. The smallest absolute Gasteiger partial charge is 0.265 e. The average Bonchev–Trinajstić information content (AvgIpc) is 2.01. The van der Waals surface area contributed by atoms with Crippen molar-refractivity contribution in [3.05, 3.63) is 12.7 Å². The van der Waals surface area contributed by atoms with E-state index < -0.39 is 3.79 Å². The Bertz CT molecular complexity index is 188. The first-order chi connectivity index (χ1) is 5.91. The summed E-state index contributed by atoms with van der Waals surface area (Å²) < 4.78 is 3.29. The molecule has 13 heavy (non-hydrogen) atoms. The maximum absolute atomic E-state index is 7.29. The molecule has 0 aromatic carbocycles. The number of halogens is 3. The van der Waals surface area contributed by atoms with Crippen LogP contribution in [0.3, 0.4) is 0 Å². The van der Waals surface area contributed by atoms with Gasteiger partial charge in [0.2, 0.25) is 5.90 Å². The SMILES string of the molecule is C=C[C@H](CCC)OC(=N)C(Cl)(Cl)Cl. The summed E-state index contributed by atoms with van der Waals surface area (Å²) in [5, 5.41) is 7.29. The summed E-state index contributed by atoms with van der Waals surface area (Å²) in [5.41, 5.74) is 0. The van der Waals surface area contributed by atoms with Crippen molar-refractivity contribution < 1.29 is 4.74 Å². The second-order valence-electron chi connectivity index (χ2n) is 2.51. The molecule has 0 spiro atoms. The normalized spacial score (nSPS) is 13.5. The van der Waals surface area contributed by atoms with Gasteiger partial charge in [0.05, 0.1) is 0 Å². The van der Waals surface area contributed by atoms with Gasteiger partial charge >= 0.3 is 0 Å². The fraction of sp³-hybridized carbons (Fsp3) is 0.625. The summed E-state index contributed by atoms with van der Waals surface area (Å²) in [6.45, 7) is 5.56. The molecule has 0 aromatic heterocycles. The summed E-state index contributed by atoms with van der Waals surface area (Å²) in [5.74, 6) is -0.365. The molecule has 0 rings (SSSR count). The molecule has 76 valence electrons. The van der Waals surface area contributed by atoms with Crippen LogP contribution in [0.5, 0.6) is 0 Å². The van der Waals surface area contributed by atoms with Crippen LogP contribution in [0.4, 0.5) is 0 Å². The van der Waals surface area contributed by atoms with Gasteiger partial charge in [0.25, 0.3) is 3.79 Å². The van der Waals surface area contributed by atoms with Crippen LogP contribution in [-0.2, 0) is 4.74 Å². The zero-order valence-electron chi connectivity index (χ0n) is 7.32. The highest BCUT2D eigenvalue weighted by atomic mass is 35.6. The zero-order chi connectivity index (χ0) is 10.5. The van der Waals surface area contributed by atoms with E-state index in [0.29, 0.717) is 0 Å². The van der Waals surface area contributed by atoms with E-state index in [2.05, 4.69) is 6.58 Å². The molecule has 1 N–H and O–H groups in total. The van der Waals surface area contributed by atoms with Gasteiger partial charge in [-0.05, 0) is 6.42 Å². The van der Waals surface area contributed by atoms with Gasteiger partial charge in [0, 0.05) is 0 Å². The van der Waals surface area contributed by atoms with Crippen LogP contribution in [0.15, 0.2) is 12.7 Å². The second-order valence-corrected chi connectivity index (χ2v) is 4.79. The molecule has 0 saturated carbocycles. The third kappa shape index (κ3) is 5.40. The molecule has 2 nitrogen and oxygen atoms in total. The minimum Gasteiger partial charge on any atom is -0.471 e. The van der Waals surface area contributed by atoms with Gasteiger partial charge in [0.15, 0.2) is 0 Å². The van der Waals surface area contributed by atoms with Gasteiger partial charge in [-0.1, -0.05) is 60.8 Å². The Morgan fingerprint density at radius 3 is 2.46 bits per heavy atom. The van der Waals surface area contributed by atoms with Crippen molar-refractivity contribution in [2.75, 3.05) is 0 Å². The first-order valence-electron chi connectivity index (χ1n) is 3.86. The summed E-state index contributed by atoms with van der Waals surface area (Å²) in [7, 11) is 0. The summed E-state index contributed by atoms with van der Waals surface area (Å²) >= 11 is 16.3. The molecule has 0 saturated heterocycles. The van der Waals surface area contributed by atoms with Crippen LogP contribution in [0.25, 0.3) is 0 Å². The van der Waals surface area contributed by atoms with E-state index in [4.69, 9.17) is 44.9 Å². The Hall–Kier alpha value is 0.0800. The zero-order valence-corrected chi connectivity index (χ0v) is 9.59. The minimum atomic E-state index is -1.78. The lowest BCUT2D eigenvalue weighted by atomic mass is 10.2. The predicted octanol–water partition coefficient (Wildman–Crippen LogP) is 3.71. The van der Waals surface area contributed by atoms with Crippen molar-refractivity contribution >= 4 is 40.7 Å². The Kier molecular flexibility index (Phi) is 5.77. The quantitative estimate of drug-likeness (QED) is 0.348. The third-order valence-electron chi connectivity index (χ3n) is 1.36. The molecule has 0 aromatic rings. The van der Waals surface area contributed by atoms with E-state index in [0.717, 1.165) is 12.8 Å². The van der Waals surface area contributed by atoms with Crippen LogP contribution < -0.4 is 0 Å². The van der Waals surface area contributed by atoms with Crippen molar-refractivity contribution in [1.82, 2.24) is 0 Å². The van der Waals surface area contributed by atoms with E-state index >= 15 is 0 Å². The van der Waals surface area contributed by atoms with Crippen molar-refractivity contribution in [3.63, 3.8) is 0 Å². The van der Waals surface area contributed by atoms with E-state index in [1.54, 1.807) is 6.08 Å². The first-order valence-corrected chi connectivity index (χ1v) is 5.00. The van der Waals surface area contributed by atoms with Gasteiger partial charge in [-0.15, -0.1) is 0 Å². The van der Waals surface area contributed by atoms with Crippen molar-refractivity contribution in [2.45, 2.75) is 29.7 Å². The molecule has 0 radical (unpaired) electrons. The van der Waals surface area contributed by atoms with E-state index in [1.165, 1.54) is 0 Å². The number of hydrogen-bond acceptors (Lipinski definition) is 2. The highest BCUT2D eigenvalue weighted by molar-refractivity contribution is 6.76. The molecule has 0 amide bonds. The van der Waals surface area contributed by atoms with E-state index in [9.17, 15) is 0 Å². The molecular weight excluding hydrogens is 232 g/mol. The monoisotopic (exact) mass is 243 g/mol. The van der Waals surface area contributed by atoms with Crippen LogP contribution >= 0.6 is 34.8 Å². The fourth-order valence-electron chi connectivity index (χ4n) is 0.728. The Morgan fingerprint density at radius 2 is 2.15 bits per heavy atom. The molecule has 0 aliphatic carbocycles. The maximum Gasteiger partial charge on any atom is 0.265 e. The number of ether oxygens (including phenoxy) is 1. The van der Waals surface area contributed by atoms with Gasteiger partial charge in [-0.25, -0.2) is 0 Å². The molecular formula is C8H12Cl3NO. The molecule has 0 heterocycles. The van der Waals surface area contributed by atoms with Gasteiger partial charge in [0.1, 0.15) is 6.10 Å². The predicted molar refractivity (Wildman–Crippen MR) is 58.0 cm³/mol. The number of hydrogen-bond donors (Lipinski definition) is 1. The maximum atomic E-state index is 7.29. The summed E-state index contributed by atoms with van der Waals surface area (Å²) in [4.78, 5) is 0. The molecule has 5 heteroatoms. The molecule has 1 atom stereocenters. The Labute approximate surface area is 93.3 Å². The van der Waals surface area contributed by atoms with Crippen molar-refractivity contribution in [1.29, 1.82) is 5.41 Å². The number of rotatable bonds is 4. The minimum absolute atomic E-state index is 0.256. The largest absolute Gasteiger partial charge is 0.471 e. The van der Waals surface area contributed by atoms with Crippen LogP contribution in [0, 0.1) is 5.41 Å². The van der Waals surface area contributed by atoms with Crippen LogP contribution in [-0.4, -0.2) is 15.8 Å². The van der Waals surface area contributed by atoms with Gasteiger partial charge < -0.3 is 4.74 Å².